The number of esters is 1. The molecule has 0 amide bonds. The highest BCUT2D eigenvalue weighted by atomic mass is 19.4. The number of benzene rings is 1. The number of halogens is 7. The maximum Gasteiger partial charge on any atom is 0.422 e. The molecule has 6 nitrogen and oxygen atoms in total. The predicted octanol–water partition coefficient (Wildman–Crippen LogP) is 3.48. The van der Waals surface area contributed by atoms with Gasteiger partial charge in [0.05, 0.1) is 5.69 Å². The first kappa shape index (κ1) is 20.1. The Morgan fingerprint density at radius 3 is 2.19 bits per heavy atom. The Bertz CT molecular complexity index is 933. The first-order chi connectivity index (χ1) is 12.5. The number of rotatable bonds is 4. The van der Waals surface area contributed by atoms with Gasteiger partial charge in [-0.05, 0) is 0 Å². The molecule has 0 radical (unpaired) electrons. The number of ether oxygens (including phenoxy) is 1. The number of carbonyl (C=O) groups excluding carboxylic acids is 2. The van der Waals surface area contributed by atoms with Crippen molar-refractivity contribution in [1.82, 2.24) is 9.78 Å². The van der Waals surface area contributed by atoms with Gasteiger partial charge in [0.2, 0.25) is 6.08 Å². The summed E-state index contributed by atoms with van der Waals surface area (Å²) in [6, 6.07) is 0.834. The number of alkyl halides is 3. The van der Waals surface area contributed by atoms with Crippen LogP contribution in [-0.4, -0.2) is 21.8 Å². The Labute approximate surface area is 144 Å². The van der Waals surface area contributed by atoms with E-state index in [0.29, 0.717) is 0 Å². The number of aromatic nitrogens is 2. The Morgan fingerprint density at radius 2 is 1.74 bits per heavy atom. The minimum atomic E-state index is -5.72. The van der Waals surface area contributed by atoms with Crippen molar-refractivity contribution in [3.63, 3.8) is 0 Å². The second-order valence-corrected chi connectivity index (χ2v) is 4.87. The average molecular weight is 397 g/mol. The number of nitrogens with zero attached hydrogens (tertiary/aromatic N) is 3. The van der Waals surface area contributed by atoms with Crippen molar-refractivity contribution in [3.05, 3.63) is 40.6 Å². The van der Waals surface area contributed by atoms with Crippen LogP contribution < -0.4 is 0 Å². The summed E-state index contributed by atoms with van der Waals surface area (Å²) in [6.45, 7) is 0.212. The molecular weight excluding hydrogens is 391 g/mol. The standard InChI is InChI=1S/C14H6F7N3O3/c1-5(26)27-3-6-2-7(22-4-25)23-24(6)13-11(17)9(15)8(14(19,20)21)10(16)12(13)18/h2H,3H2,1H3. The van der Waals surface area contributed by atoms with E-state index in [-0.39, 0.29) is 4.68 Å². The molecule has 1 heterocycles. The molecule has 0 atom stereocenters. The summed E-state index contributed by atoms with van der Waals surface area (Å²) >= 11 is 0. The Kier molecular flexibility index (Phi) is 5.36. The zero-order chi connectivity index (χ0) is 20.5. The monoisotopic (exact) mass is 397 g/mol. The van der Waals surface area contributed by atoms with Gasteiger partial charge in [0.1, 0.15) is 17.9 Å². The van der Waals surface area contributed by atoms with Crippen LogP contribution in [0.15, 0.2) is 11.1 Å². The normalized spacial score (nSPS) is 11.3. The van der Waals surface area contributed by atoms with Crippen LogP contribution >= 0.6 is 0 Å². The third-order valence-electron chi connectivity index (χ3n) is 3.09. The van der Waals surface area contributed by atoms with Crippen molar-refractivity contribution >= 4 is 17.9 Å². The maximum atomic E-state index is 14.1. The molecule has 0 saturated carbocycles. The second kappa shape index (κ2) is 7.19. The highest BCUT2D eigenvalue weighted by molar-refractivity contribution is 5.66. The minimum Gasteiger partial charge on any atom is -0.459 e. The molecule has 27 heavy (non-hydrogen) atoms. The van der Waals surface area contributed by atoms with E-state index in [2.05, 4.69) is 14.8 Å². The zero-order valence-corrected chi connectivity index (χ0v) is 13.0. The number of aliphatic imine (C=N–C) groups is 1. The van der Waals surface area contributed by atoms with Crippen LogP contribution in [-0.2, 0) is 27.1 Å². The summed E-state index contributed by atoms with van der Waals surface area (Å²) in [4.78, 5) is 24.2. The topological polar surface area (TPSA) is 73.6 Å². The lowest BCUT2D eigenvalue weighted by molar-refractivity contribution is -0.143. The van der Waals surface area contributed by atoms with Gasteiger partial charge < -0.3 is 4.74 Å². The minimum absolute atomic E-state index is 0.121. The second-order valence-electron chi connectivity index (χ2n) is 4.87. The SMILES string of the molecule is CC(=O)OCc1cc(N=C=O)nn1-c1c(F)c(F)c(C(F)(F)F)c(F)c1F. The predicted molar refractivity (Wildman–Crippen MR) is 71.6 cm³/mol. The molecule has 0 spiro atoms. The molecule has 144 valence electrons. The Balaban J connectivity index is 2.78. The summed E-state index contributed by atoms with van der Waals surface area (Å²) in [6.07, 6.45) is -4.69. The number of hydrogen-bond acceptors (Lipinski definition) is 5. The van der Waals surface area contributed by atoms with Crippen LogP contribution in [0.25, 0.3) is 5.69 Å². The van der Waals surface area contributed by atoms with Gasteiger partial charge in [-0.25, -0.2) is 27.0 Å². The summed E-state index contributed by atoms with van der Waals surface area (Å²) < 4.78 is 98.4. The lowest BCUT2D eigenvalue weighted by Crippen LogP contribution is -2.19. The fourth-order valence-electron chi connectivity index (χ4n) is 2.03. The van der Waals surface area contributed by atoms with Crippen molar-refractivity contribution in [2.75, 3.05) is 0 Å². The van der Waals surface area contributed by atoms with E-state index in [4.69, 9.17) is 0 Å². The molecule has 0 unspecified atom stereocenters. The molecule has 2 aromatic rings. The van der Waals surface area contributed by atoms with E-state index in [0.717, 1.165) is 19.1 Å². The molecule has 0 aliphatic rings. The van der Waals surface area contributed by atoms with Gasteiger partial charge in [0.15, 0.2) is 29.1 Å². The van der Waals surface area contributed by atoms with Crippen LogP contribution in [0, 0.1) is 23.3 Å². The first-order valence-corrected chi connectivity index (χ1v) is 6.72. The molecule has 0 N–H and O–H groups in total. The average Bonchev–Trinajstić information content (AvgIpc) is 2.93. The summed E-state index contributed by atoms with van der Waals surface area (Å²) in [5, 5.41) is 3.35. The van der Waals surface area contributed by atoms with Gasteiger partial charge in [-0.3, -0.25) is 4.79 Å². The summed E-state index contributed by atoms with van der Waals surface area (Å²) in [7, 11) is 0. The largest absolute Gasteiger partial charge is 0.459 e. The molecule has 1 aromatic carbocycles. The molecule has 2 rings (SSSR count). The van der Waals surface area contributed by atoms with Crippen LogP contribution in [0.2, 0.25) is 0 Å². The van der Waals surface area contributed by atoms with Crippen molar-refractivity contribution < 1.29 is 45.1 Å². The van der Waals surface area contributed by atoms with Crippen LogP contribution in [0.3, 0.4) is 0 Å². The van der Waals surface area contributed by atoms with Gasteiger partial charge in [-0.15, -0.1) is 10.1 Å². The molecule has 0 fully saturated rings. The van der Waals surface area contributed by atoms with Gasteiger partial charge in [0, 0.05) is 13.0 Å². The Morgan fingerprint density at radius 1 is 1.19 bits per heavy atom. The molecule has 0 saturated heterocycles. The zero-order valence-electron chi connectivity index (χ0n) is 13.0. The van der Waals surface area contributed by atoms with Crippen molar-refractivity contribution in [3.8, 4) is 5.69 Å². The lowest BCUT2D eigenvalue weighted by atomic mass is 10.1. The lowest BCUT2D eigenvalue weighted by Gasteiger charge is -2.15. The highest BCUT2D eigenvalue weighted by Crippen LogP contribution is 2.38. The van der Waals surface area contributed by atoms with E-state index in [1.54, 1.807) is 0 Å². The molecule has 13 heteroatoms. The summed E-state index contributed by atoms with van der Waals surface area (Å²) in [5.41, 5.74) is -4.87. The fraction of sp³-hybridized carbons (Fsp3) is 0.214. The van der Waals surface area contributed by atoms with E-state index in [1.807, 2.05) is 0 Å². The van der Waals surface area contributed by atoms with E-state index >= 15 is 0 Å². The van der Waals surface area contributed by atoms with Crippen LogP contribution in [0.4, 0.5) is 36.6 Å². The molecular formula is C14H6F7N3O3. The number of carbonyl (C=O) groups is 1. The number of hydrogen-bond donors (Lipinski definition) is 0. The van der Waals surface area contributed by atoms with Crippen molar-refractivity contribution in [2.24, 2.45) is 4.99 Å². The van der Waals surface area contributed by atoms with Gasteiger partial charge in [-0.1, -0.05) is 0 Å². The van der Waals surface area contributed by atoms with E-state index in [9.17, 15) is 40.3 Å². The molecule has 1 aromatic heterocycles. The molecule has 0 aliphatic carbocycles. The van der Waals surface area contributed by atoms with E-state index in [1.165, 1.54) is 0 Å². The fourth-order valence-corrected chi connectivity index (χ4v) is 2.03. The van der Waals surface area contributed by atoms with Crippen LogP contribution in [0.1, 0.15) is 18.2 Å². The number of isocyanates is 1. The third-order valence-corrected chi connectivity index (χ3v) is 3.09. The summed E-state index contributed by atoms with van der Waals surface area (Å²) in [5.74, 6) is -11.7. The Hall–Kier alpha value is -3.21. The van der Waals surface area contributed by atoms with Crippen molar-refractivity contribution in [1.29, 1.82) is 0 Å². The maximum absolute atomic E-state index is 14.1. The van der Waals surface area contributed by atoms with Gasteiger partial charge >= 0.3 is 12.1 Å². The van der Waals surface area contributed by atoms with E-state index < -0.39 is 64.8 Å². The van der Waals surface area contributed by atoms with Crippen LogP contribution in [0.5, 0.6) is 0 Å². The smallest absolute Gasteiger partial charge is 0.422 e. The third kappa shape index (κ3) is 3.82. The molecule has 0 bridgehead atoms. The first-order valence-electron chi connectivity index (χ1n) is 6.72. The molecule has 0 aliphatic heterocycles. The van der Waals surface area contributed by atoms with Gasteiger partial charge in [-0.2, -0.15) is 13.2 Å². The quantitative estimate of drug-likeness (QED) is 0.260. The van der Waals surface area contributed by atoms with Gasteiger partial charge in [0.25, 0.3) is 0 Å². The van der Waals surface area contributed by atoms with Crippen molar-refractivity contribution in [2.45, 2.75) is 19.7 Å². The highest BCUT2D eigenvalue weighted by Gasteiger charge is 2.43.